The minimum atomic E-state index is -0.334. The number of carbonyl (C=O) groups is 1. The summed E-state index contributed by atoms with van der Waals surface area (Å²) in [6, 6.07) is 20.3. The normalized spacial score (nSPS) is 11.6. The van der Waals surface area contributed by atoms with Crippen LogP contribution in [-0.2, 0) is 4.79 Å². The van der Waals surface area contributed by atoms with Crippen molar-refractivity contribution in [1.82, 2.24) is 10.3 Å². The first-order chi connectivity index (χ1) is 12.6. The van der Waals surface area contributed by atoms with E-state index in [1.54, 1.807) is 24.4 Å². The number of rotatable bonds is 6. The highest BCUT2D eigenvalue weighted by molar-refractivity contribution is 6.30. The lowest BCUT2D eigenvalue weighted by Crippen LogP contribution is -2.33. The van der Waals surface area contributed by atoms with Crippen LogP contribution < -0.4 is 10.1 Å². The maximum absolute atomic E-state index is 12.5. The average Bonchev–Trinajstić information content (AvgIpc) is 2.67. The van der Waals surface area contributed by atoms with Gasteiger partial charge in [-0.25, -0.2) is 0 Å². The molecule has 0 aliphatic carbocycles. The molecular weight excluding hydrogens is 348 g/mol. The van der Waals surface area contributed by atoms with Gasteiger partial charge >= 0.3 is 0 Å². The molecule has 1 atom stereocenters. The quantitative estimate of drug-likeness (QED) is 0.706. The molecule has 0 unspecified atom stereocenters. The molecule has 5 heteroatoms. The minimum Gasteiger partial charge on any atom is -0.484 e. The molecule has 3 aromatic rings. The van der Waals surface area contributed by atoms with E-state index in [1.807, 2.05) is 55.5 Å². The maximum atomic E-state index is 12.5. The Hall–Kier alpha value is -2.85. The number of halogens is 1. The number of nitrogens with zero attached hydrogens (tertiary/aromatic N) is 1. The van der Waals surface area contributed by atoms with Crippen LogP contribution in [0.5, 0.6) is 5.75 Å². The van der Waals surface area contributed by atoms with Crippen LogP contribution in [0.1, 0.15) is 22.9 Å². The zero-order valence-electron chi connectivity index (χ0n) is 14.4. The standard InChI is InChI=1S/C21H19ClN2O2/c1-15-13-17(22)10-11-19(15)26-14-20(25)24-21(16-7-3-2-4-8-16)18-9-5-6-12-23-18/h2-13,21H,14H2,1H3,(H,24,25)/t21-/m0/s1. The molecule has 2 aromatic carbocycles. The molecule has 3 rings (SSSR count). The second kappa shape index (κ2) is 8.50. The summed E-state index contributed by atoms with van der Waals surface area (Å²) in [5.41, 5.74) is 2.62. The summed E-state index contributed by atoms with van der Waals surface area (Å²) in [5.74, 6) is 0.414. The number of carbonyl (C=O) groups excluding carboxylic acids is 1. The molecule has 1 aromatic heterocycles. The predicted octanol–water partition coefficient (Wildman–Crippen LogP) is 4.33. The van der Waals surface area contributed by atoms with Crippen LogP contribution in [0.3, 0.4) is 0 Å². The molecule has 0 bridgehead atoms. The van der Waals surface area contributed by atoms with Crippen LogP contribution in [-0.4, -0.2) is 17.5 Å². The Morgan fingerprint density at radius 2 is 1.88 bits per heavy atom. The molecule has 26 heavy (non-hydrogen) atoms. The van der Waals surface area contributed by atoms with E-state index in [4.69, 9.17) is 16.3 Å². The fourth-order valence-electron chi connectivity index (χ4n) is 2.64. The molecular formula is C21H19ClN2O2. The van der Waals surface area contributed by atoms with E-state index in [0.29, 0.717) is 10.8 Å². The summed E-state index contributed by atoms with van der Waals surface area (Å²) in [4.78, 5) is 16.8. The Bertz CT molecular complexity index is 830. The van der Waals surface area contributed by atoms with E-state index in [1.165, 1.54) is 0 Å². The number of benzene rings is 2. The summed E-state index contributed by atoms with van der Waals surface area (Å²) in [6.45, 7) is 1.80. The Kier molecular flexibility index (Phi) is 5.87. The third-order valence-corrected chi connectivity index (χ3v) is 4.15. The first-order valence-corrected chi connectivity index (χ1v) is 8.65. The molecule has 0 aliphatic heterocycles. The summed E-state index contributed by atoms with van der Waals surface area (Å²) in [5, 5.41) is 3.64. The molecule has 1 amide bonds. The van der Waals surface area contributed by atoms with Crippen LogP contribution in [0.4, 0.5) is 0 Å². The average molecular weight is 367 g/mol. The monoisotopic (exact) mass is 366 g/mol. The Morgan fingerprint density at radius 1 is 1.12 bits per heavy atom. The van der Waals surface area contributed by atoms with E-state index in [0.717, 1.165) is 16.8 Å². The molecule has 1 heterocycles. The van der Waals surface area contributed by atoms with Crippen molar-refractivity contribution in [2.75, 3.05) is 6.61 Å². The number of hydrogen-bond acceptors (Lipinski definition) is 3. The van der Waals surface area contributed by atoms with E-state index in [-0.39, 0.29) is 18.6 Å². The fourth-order valence-corrected chi connectivity index (χ4v) is 2.87. The van der Waals surface area contributed by atoms with Crippen molar-refractivity contribution in [2.45, 2.75) is 13.0 Å². The zero-order valence-corrected chi connectivity index (χ0v) is 15.1. The largest absolute Gasteiger partial charge is 0.484 e. The smallest absolute Gasteiger partial charge is 0.258 e. The molecule has 0 fully saturated rings. The summed E-state index contributed by atoms with van der Waals surface area (Å²) in [7, 11) is 0. The third kappa shape index (κ3) is 4.61. The van der Waals surface area contributed by atoms with Gasteiger partial charge < -0.3 is 10.1 Å². The minimum absolute atomic E-state index is 0.0847. The first-order valence-electron chi connectivity index (χ1n) is 8.27. The van der Waals surface area contributed by atoms with Crippen molar-refractivity contribution < 1.29 is 9.53 Å². The molecule has 0 radical (unpaired) electrons. The fraction of sp³-hybridized carbons (Fsp3) is 0.143. The SMILES string of the molecule is Cc1cc(Cl)ccc1OCC(=O)N[C@@H](c1ccccc1)c1ccccn1. The van der Waals surface area contributed by atoms with Gasteiger partial charge in [0.05, 0.1) is 11.7 Å². The Labute approximate surface area is 157 Å². The number of hydrogen-bond donors (Lipinski definition) is 1. The molecule has 0 spiro atoms. The first kappa shape index (κ1) is 18.0. The van der Waals surface area contributed by atoms with Crippen molar-refractivity contribution >= 4 is 17.5 Å². The van der Waals surface area contributed by atoms with Gasteiger partial charge in [-0.2, -0.15) is 0 Å². The van der Waals surface area contributed by atoms with E-state index in [2.05, 4.69) is 10.3 Å². The molecule has 132 valence electrons. The zero-order chi connectivity index (χ0) is 18.4. The van der Waals surface area contributed by atoms with Gasteiger partial charge in [-0.3, -0.25) is 9.78 Å². The van der Waals surface area contributed by atoms with Crippen molar-refractivity contribution in [1.29, 1.82) is 0 Å². The topological polar surface area (TPSA) is 51.2 Å². The van der Waals surface area contributed by atoms with E-state index >= 15 is 0 Å². The molecule has 0 saturated carbocycles. The van der Waals surface area contributed by atoms with Crippen molar-refractivity contribution in [3.05, 3.63) is 94.8 Å². The second-order valence-corrected chi connectivity index (χ2v) is 6.30. The predicted molar refractivity (Wildman–Crippen MR) is 102 cm³/mol. The Morgan fingerprint density at radius 3 is 2.58 bits per heavy atom. The van der Waals surface area contributed by atoms with Crippen LogP contribution in [0.2, 0.25) is 5.02 Å². The van der Waals surface area contributed by atoms with Gasteiger partial charge in [-0.05, 0) is 48.4 Å². The van der Waals surface area contributed by atoms with Crippen LogP contribution in [0.25, 0.3) is 0 Å². The number of aromatic nitrogens is 1. The highest BCUT2D eigenvalue weighted by atomic mass is 35.5. The summed E-state index contributed by atoms with van der Waals surface area (Å²) >= 11 is 5.94. The summed E-state index contributed by atoms with van der Waals surface area (Å²) in [6.07, 6.45) is 1.71. The number of amides is 1. The van der Waals surface area contributed by atoms with Gasteiger partial charge in [0, 0.05) is 11.2 Å². The van der Waals surface area contributed by atoms with Crippen molar-refractivity contribution in [2.24, 2.45) is 0 Å². The lowest BCUT2D eigenvalue weighted by molar-refractivity contribution is -0.123. The Balaban J connectivity index is 1.71. The van der Waals surface area contributed by atoms with Gasteiger partial charge in [0.25, 0.3) is 5.91 Å². The third-order valence-electron chi connectivity index (χ3n) is 3.92. The highest BCUT2D eigenvalue weighted by Crippen LogP contribution is 2.22. The van der Waals surface area contributed by atoms with E-state index in [9.17, 15) is 4.79 Å². The van der Waals surface area contributed by atoms with Crippen molar-refractivity contribution in [3.8, 4) is 5.75 Å². The van der Waals surface area contributed by atoms with E-state index < -0.39 is 0 Å². The van der Waals surface area contributed by atoms with Gasteiger partial charge in [0.1, 0.15) is 5.75 Å². The lowest BCUT2D eigenvalue weighted by Gasteiger charge is -2.19. The van der Waals surface area contributed by atoms with Gasteiger partial charge in [0.2, 0.25) is 0 Å². The van der Waals surface area contributed by atoms with Crippen LogP contribution >= 0.6 is 11.6 Å². The maximum Gasteiger partial charge on any atom is 0.258 e. The molecule has 0 aliphatic rings. The van der Waals surface area contributed by atoms with Gasteiger partial charge in [-0.1, -0.05) is 48.0 Å². The van der Waals surface area contributed by atoms with Gasteiger partial charge in [-0.15, -0.1) is 0 Å². The highest BCUT2D eigenvalue weighted by Gasteiger charge is 2.18. The lowest BCUT2D eigenvalue weighted by atomic mass is 10.0. The van der Waals surface area contributed by atoms with Crippen LogP contribution in [0.15, 0.2) is 72.9 Å². The number of nitrogens with one attached hydrogen (secondary N) is 1. The summed E-state index contributed by atoms with van der Waals surface area (Å²) < 4.78 is 5.64. The molecule has 0 saturated heterocycles. The number of ether oxygens (including phenoxy) is 1. The second-order valence-electron chi connectivity index (χ2n) is 5.86. The molecule has 4 nitrogen and oxygen atoms in total. The van der Waals surface area contributed by atoms with Crippen molar-refractivity contribution in [3.63, 3.8) is 0 Å². The van der Waals surface area contributed by atoms with Gasteiger partial charge in [0.15, 0.2) is 6.61 Å². The number of aryl methyl sites for hydroxylation is 1. The number of pyridine rings is 1. The van der Waals surface area contributed by atoms with Crippen LogP contribution in [0, 0.1) is 6.92 Å². The molecule has 1 N–H and O–H groups in total.